The summed E-state index contributed by atoms with van der Waals surface area (Å²) in [5.41, 5.74) is 0.657. The van der Waals surface area contributed by atoms with Crippen LogP contribution in [-0.2, 0) is 4.74 Å². The lowest BCUT2D eigenvalue weighted by Crippen LogP contribution is -2.52. The lowest BCUT2D eigenvalue weighted by molar-refractivity contribution is -0.0990. The van der Waals surface area contributed by atoms with Crippen LogP contribution in [0, 0.1) is 0 Å². The molecule has 0 aromatic heterocycles. The Kier molecular flexibility index (Phi) is 4.46. The first-order valence-electron chi connectivity index (χ1n) is 7.92. The van der Waals surface area contributed by atoms with Crippen molar-refractivity contribution in [3.8, 4) is 0 Å². The van der Waals surface area contributed by atoms with Crippen LogP contribution in [-0.4, -0.2) is 34.3 Å². The van der Waals surface area contributed by atoms with Crippen molar-refractivity contribution in [3.05, 3.63) is 34.3 Å². The zero-order chi connectivity index (χ0) is 15.7. The smallest absolute Gasteiger partial charge is 0.410 e. The molecule has 2 aliphatic rings. The van der Waals surface area contributed by atoms with Gasteiger partial charge in [-0.2, -0.15) is 0 Å². The van der Waals surface area contributed by atoms with Gasteiger partial charge in [-0.25, -0.2) is 4.79 Å². The normalized spacial score (nSPS) is 30.2. The lowest BCUT2D eigenvalue weighted by Gasteiger charge is -2.46. The van der Waals surface area contributed by atoms with E-state index in [1.165, 1.54) is 0 Å². The molecule has 0 bridgehead atoms. The fourth-order valence-corrected chi connectivity index (χ4v) is 3.86. The van der Waals surface area contributed by atoms with Gasteiger partial charge >= 0.3 is 6.09 Å². The van der Waals surface area contributed by atoms with Crippen LogP contribution in [0.5, 0.6) is 0 Å². The van der Waals surface area contributed by atoms with Crippen LogP contribution in [0.1, 0.15) is 50.6 Å². The molecule has 5 heteroatoms. The molecule has 1 aliphatic carbocycles. The molecule has 120 valence electrons. The molecule has 1 saturated carbocycles. The number of carbonyl (C=O) groups is 1. The average Bonchev–Trinajstić information content (AvgIpc) is 2.47. The quantitative estimate of drug-likeness (QED) is 0.858. The summed E-state index contributed by atoms with van der Waals surface area (Å²) in [6.45, 7) is 2.71. The van der Waals surface area contributed by atoms with Crippen LogP contribution in [0.3, 0.4) is 0 Å². The molecule has 1 aliphatic heterocycles. The van der Waals surface area contributed by atoms with E-state index in [-0.39, 0.29) is 18.2 Å². The number of amides is 1. The maximum atomic E-state index is 12.5. The minimum atomic E-state index is -0.440. The minimum absolute atomic E-state index is 0.00790. The van der Waals surface area contributed by atoms with E-state index in [0.29, 0.717) is 13.0 Å². The van der Waals surface area contributed by atoms with Crippen LogP contribution in [0.4, 0.5) is 4.79 Å². The Morgan fingerprint density at radius 3 is 2.73 bits per heavy atom. The van der Waals surface area contributed by atoms with Gasteiger partial charge in [0, 0.05) is 23.9 Å². The third kappa shape index (κ3) is 3.15. The fourth-order valence-electron chi connectivity index (χ4n) is 3.60. The molecule has 1 spiro atoms. The van der Waals surface area contributed by atoms with Gasteiger partial charge in [-0.15, -0.1) is 0 Å². The Morgan fingerprint density at radius 2 is 2.09 bits per heavy atom. The highest BCUT2D eigenvalue weighted by molar-refractivity contribution is 9.10. The zero-order valence-corrected chi connectivity index (χ0v) is 14.4. The third-order valence-corrected chi connectivity index (χ3v) is 5.47. The number of hydrogen-bond acceptors (Lipinski definition) is 3. The van der Waals surface area contributed by atoms with Crippen molar-refractivity contribution in [2.45, 2.75) is 56.8 Å². The molecule has 3 atom stereocenters. The number of carbonyl (C=O) groups excluding carboxylic acids is 1. The molecular weight excluding hydrogens is 346 g/mol. The first-order chi connectivity index (χ1) is 10.5. The van der Waals surface area contributed by atoms with Gasteiger partial charge in [0.1, 0.15) is 5.60 Å². The van der Waals surface area contributed by atoms with Gasteiger partial charge < -0.3 is 14.7 Å². The van der Waals surface area contributed by atoms with Crippen LogP contribution >= 0.6 is 15.9 Å². The Hall–Kier alpha value is -1.07. The lowest BCUT2D eigenvalue weighted by atomic mass is 9.80. The van der Waals surface area contributed by atoms with Crippen molar-refractivity contribution < 1.29 is 14.6 Å². The molecular formula is C17H22BrNO3. The molecule has 22 heavy (non-hydrogen) atoms. The van der Waals surface area contributed by atoms with E-state index in [0.717, 1.165) is 35.7 Å². The molecule has 1 heterocycles. The maximum Gasteiger partial charge on any atom is 0.410 e. The van der Waals surface area contributed by atoms with Gasteiger partial charge in [-0.1, -0.05) is 28.1 Å². The van der Waals surface area contributed by atoms with Crippen molar-refractivity contribution in [1.29, 1.82) is 0 Å². The molecule has 3 unspecified atom stereocenters. The molecule has 1 amide bonds. The highest BCUT2D eigenvalue weighted by atomic mass is 79.9. The Bertz CT molecular complexity index is 547. The second kappa shape index (κ2) is 6.20. The van der Waals surface area contributed by atoms with Gasteiger partial charge in [0.25, 0.3) is 0 Å². The third-order valence-electron chi connectivity index (χ3n) is 4.94. The first-order valence-corrected chi connectivity index (χ1v) is 8.72. The zero-order valence-electron chi connectivity index (χ0n) is 12.8. The molecule has 1 aromatic carbocycles. The first kappa shape index (κ1) is 15.8. The van der Waals surface area contributed by atoms with Gasteiger partial charge in [-0.3, -0.25) is 0 Å². The standard InChI is InChI=1S/C17H22BrNO3/c1-12(13-4-6-14(18)7-5-13)19-10-9-17(22-16(19)21)8-2-3-15(20)11-17/h4-7,12,15,20H,2-3,8-11H2,1H3. The van der Waals surface area contributed by atoms with Gasteiger partial charge in [0.05, 0.1) is 12.1 Å². The summed E-state index contributed by atoms with van der Waals surface area (Å²) in [5.74, 6) is 0. The average molecular weight is 368 g/mol. The van der Waals surface area contributed by atoms with Crippen LogP contribution in [0.2, 0.25) is 0 Å². The number of hydrogen-bond donors (Lipinski definition) is 1. The number of aliphatic hydroxyl groups excluding tert-OH is 1. The van der Waals surface area contributed by atoms with E-state index in [4.69, 9.17) is 4.74 Å². The number of ether oxygens (including phenoxy) is 1. The van der Waals surface area contributed by atoms with Gasteiger partial charge in [0.15, 0.2) is 0 Å². The van der Waals surface area contributed by atoms with E-state index in [1.807, 2.05) is 31.2 Å². The van der Waals surface area contributed by atoms with Crippen molar-refractivity contribution >= 4 is 22.0 Å². The van der Waals surface area contributed by atoms with Crippen LogP contribution < -0.4 is 0 Å². The number of rotatable bonds is 2. The largest absolute Gasteiger partial charge is 0.443 e. The molecule has 2 fully saturated rings. The monoisotopic (exact) mass is 367 g/mol. The summed E-state index contributed by atoms with van der Waals surface area (Å²) < 4.78 is 6.81. The predicted octanol–water partition coefficient (Wildman–Crippen LogP) is 4.03. The summed E-state index contributed by atoms with van der Waals surface area (Å²) >= 11 is 3.43. The summed E-state index contributed by atoms with van der Waals surface area (Å²) in [7, 11) is 0. The van der Waals surface area contributed by atoms with Crippen molar-refractivity contribution in [2.24, 2.45) is 0 Å². The Balaban J connectivity index is 1.70. The number of nitrogens with zero attached hydrogens (tertiary/aromatic N) is 1. The van der Waals surface area contributed by atoms with Crippen LogP contribution in [0.15, 0.2) is 28.7 Å². The molecule has 3 rings (SSSR count). The molecule has 4 nitrogen and oxygen atoms in total. The Morgan fingerprint density at radius 1 is 1.36 bits per heavy atom. The second-order valence-corrected chi connectivity index (χ2v) is 7.39. The van der Waals surface area contributed by atoms with E-state index in [9.17, 15) is 9.90 Å². The van der Waals surface area contributed by atoms with Gasteiger partial charge in [0.2, 0.25) is 0 Å². The molecule has 1 N–H and O–H groups in total. The summed E-state index contributed by atoms with van der Waals surface area (Å²) in [6.07, 6.45) is 3.41. The highest BCUT2D eigenvalue weighted by Gasteiger charge is 2.44. The topological polar surface area (TPSA) is 49.8 Å². The fraction of sp³-hybridized carbons (Fsp3) is 0.588. The van der Waals surface area contributed by atoms with E-state index in [1.54, 1.807) is 4.90 Å². The summed E-state index contributed by atoms with van der Waals surface area (Å²) in [4.78, 5) is 14.3. The van der Waals surface area contributed by atoms with Gasteiger partial charge in [-0.05, 0) is 43.9 Å². The number of halogens is 1. The molecule has 0 radical (unpaired) electrons. The second-order valence-electron chi connectivity index (χ2n) is 6.47. The van der Waals surface area contributed by atoms with Crippen LogP contribution in [0.25, 0.3) is 0 Å². The Labute approximate surface area is 139 Å². The van der Waals surface area contributed by atoms with E-state index in [2.05, 4.69) is 15.9 Å². The number of aliphatic hydroxyl groups is 1. The summed E-state index contributed by atoms with van der Waals surface area (Å²) in [6, 6.07) is 8.01. The summed E-state index contributed by atoms with van der Waals surface area (Å²) in [5, 5.41) is 9.88. The minimum Gasteiger partial charge on any atom is -0.443 e. The highest BCUT2D eigenvalue weighted by Crippen LogP contribution is 2.39. The molecule has 1 aromatic rings. The van der Waals surface area contributed by atoms with E-state index >= 15 is 0 Å². The maximum absolute atomic E-state index is 12.5. The van der Waals surface area contributed by atoms with Crippen molar-refractivity contribution in [2.75, 3.05) is 6.54 Å². The predicted molar refractivity (Wildman–Crippen MR) is 87.6 cm³/mol. The SMILES string of the molecule is CC(c1ccc(Br)cc1)N1CCC2(CCCC(O)C2)OC1=O. The van der Waals surface area contributed by atoms with Crippen molar-refractivity contribution in [1.82, 2.24) is 4.90 Å². The van der Waals surface area contributed by atoms with Crippen molar-refractivity contribution in [3.63, 3.8) is 0 Å². The number of benzene rings is 1. The van der Waals surface area contributed by atoms with E-state index < -0.39 is 5.60 Å². The molecule has 1 saturated heterocycles.